The van der Waals surface area contributed by atoms with E-state index in [9.17, 15) is 5.11 Å². The molecule has 1 aliphatic carbocycles. The Kier molecular flexibility index (Phi) is 2.86. The van der Waals surface area contributed by atoms with Gasteiger partial charge < -0.3 is 10.8 Å². The van der Waals surface area contributed by atoms with Crippen LogP contribution in [0.2, 0.25) is 0 Å². The van der Waals surface area contributed by atoms with Crippen molar-refractivity contribution in [1.82, 2.24) is 0 Å². The summed E-state index contributed by atoms with van der Waals surface area (Å²) in [4.78, 5) is 0. The lowest BCUT2D eigenvalue weighted by Crippen LogP contribution is -2.56. The average molecular weight is 201 g/mol. The molecule has 0 aromatic rings. The number of aliphatic hydroxyl groups is 1. The van der Waals surface area contributed by atoms with Gasteiger partial charge in [-0.05, 0) is 37.4 Å². The number of rotatable bonds is 2. The van der Waals surface area contributed by atoms with Crippen LogP contribution in [-0.2, 0) is 0 Å². The largest absolute Gasteiger partial charge is 0.387 e. The van der Waals surface area contributed by atoms with Crippen LogP contribution in [0.15, 0.2) is 0 Å². The van der Waals surface area contributed by atoms with E-state index in [0.29, 0.717) is 5.92 Å². The van der Waals surface area contributed by atoms with Crippen LogP contribution >= 0.6 is 11.8 Å². The molecule has 1 heterocycles. The summed E-state index contributed by atoms with van der Waals surface area (Å²) in [5.74, 6) is 2.65. The Morgan fingerprint density at radius 1 is 1.38 bits per heavy atom. The molecule has 2 atom stereocenters. The lowest BCUT2D eigenvalue weighted by Gasteiger charge is -2.43. The van der Waals surface area contributed by atoms with Crippen molar-refractivity contribution in [2.24, 2.45) is 11.7 Å². The fourth-order valence-corrected chi connectivity index (χ4v) is 3.49. The molecular formula is C10H19NOS. The van der Waals surface area contributed by atoms with E-state index in [1.54, 1.807) is 0 Å². The van der Waals surface area contributed by atoms with E-state index in [0.717, 1.165) is 18.6 Å². The molecule has 2 nitrogen and oxygen atoms in total. The first-order valence-corrected chi connectivity index (χ1v) is 6.43. The minimum absolute atomic E-state index is 0.0362. The van der Waals surface area contributed by atoms with Crippen LogP contribution in [-0.4, -0.2) is 28.3 Å². The van der Waals surface area contributed by atoms with E-state index >= 15 is 0 Å². The van der Waals surface area contributed by atoms with Crippen molar-refractivity contribution in [3.63, 3.8) is 0 Å². The molecule has 2 unspecified atom stereocenters. The second-order valence-electron chi connectivity index (χ2n) is 4.48. The van der Waals surface area contributed by atoms with Gasteiger partial charge in [-0.1, -0.05) is 6.42 Å². The summed E-state index contributed by atoms with van der Waals surface area (Å²) in [5.41, 5.74) is 5.58. The Morgan fingerprint density at radius 2 is 2.15 bits per heavy atom. The minimum atomic E-state index is -0.548. The van der Waals surface area contributed by atoms with Gasteiger partial charge in [0, 0.05) is 11.8 Å². The molecule has 2 rings (SSSR count). The highest BCUT2D eigenvalue weighted by Gasteiger charge is 2.41. The van der Waals surface area contributed by atoms with Gasteiger partial charge in [-0.2, -0.15) is 11.8 Å². The predicted molar refractivity (Wildman–Crippen MR) is 56.8 cm³/mol. The molecule has 2 aliphatic rings. The lowest BCUT2D eigenvalue weighted by atomic mass is 9.73. The van der Waals surface area contributed by atoms with Crippen molar-refractivity contribution in [2.75, 3.05) is 11.5 Å². The van der Waals surface area contributed by atoms with E-state index in [1.807, 2.05) is 11.8 Å². The van der Waals surface area contributed by atoms with Crippen molar-refractivity contribution in [2.45, 2.75) is 43.7 Å². The van der Waals surface area contributed by atoms with Crippen LogP contribution in [0.4, 0.5) is 0 Å². The van der Waals surface area contributed by atoms with Gasteiger partial charge in [-0.25, -0.2) is 0 Å². The summed E-state index contributed by atoms with van der Waals surface area (Å²) < 4.78 is 0. The smallest absolute Gasteiger partial charge is 0.0890 e. The molecule has 76 valence electrons. The molecule has 3 N–H and O–H groups in total. The van der Waals surface area contributed by atoms with Crippen molar-refractivity contribution in [3.8, 4) is 0 Å². The van der Waals surface area contributed by atoms with Crippen LogP contribution in [0.1, 0.15) is 32.1 Å². The quantitative estimate of drug-likeness (QED) is 0.709. The van der Waals surface area contributed by atoms with E-state index in [4.69, 9.17) is 5.73 Å². The Morgan fingerprint density at radius 3 is 2.62 bits per heavy atom. The second kappa shape index (κ2) is 3.79. The summed E-state index contributed by atoms with van der Waals surface area (Å²) in [5, 5.41) is 10.3. The third-order valence-corrected chi connectivity index (χ3v) is 4.81. The molecule has 3 heteroatoms. The molecule has 0 spiro atoms. The van der Waals surface area contributed by atoms with Gasteiger partial charge in [0.15, 0.2) is 0 Å². The van der Waals surface area contributed by atoms with E-state index in [1.165, 1.54) is 25.0 Å². The molecule has 0 amide bonds. The van der Waals surface area contributed by atoms with Crippen LogP contribution in [0, 0.1) is 5.92 Å². The van der Waals surface area contributed by atoms with Gasteiger partial charge in [-0.15, -0.1) is 0 Å². The van der Waals surface area contributed by atoms with Gasteiger partial charge in [0.05, 0.1) is 5.60 Å². The van der Waals surface area contributed by atoms with Crippen LogP contribution < -0.4 is 5.73 Å². The molecule has 1 saturated carbocycles. The Labute approximate surface area is 84.3 Å². The molecule has 1 aliphatic heterocycles. The number of thioether (sulfide) groups is 1. The van der Waals surface area contributed by atoms with Gasteiger partial charge >= 0.3 is 0 Å². The van der Waals surface area contributed by atoms with Gasteiger partial charge in [-0.3, -0.25) is 0 Å². The molecule has 0 aromatic heterocycles. The first kappa shape index (κ1) is 9.81. The molecule has 13 heavy (non-hydrogen) atoms. The maximum atomic E-state index is 10.3. The SMILES string of the molecule is NC(C1CCC1)C1(O)CCCSC1. The Hall–Kier alpha value is 0.270. The van der Waals surface area contributed by atoms with E-state index < -0.39 is 5.60 Å². The topological polar surface area (TPSA) is 46.2 Å². The van der Waals surface area contributed by atoms with Crippen LogP contribution in [0.25, 0.3) is 0 Å². The highest BCUT2D eigenvalue weighted by atomic mass is 32.2. The van der Waals surface area contributed by atoms with Crippen molar-refractivity contribution < 1.29 is 5.11 Å². The normalized spacial score (nSPS) is 38.3. The number of hydrogen-bond donors (Lipinski definition) is 2. The molecule has 0 bridgehead atoms. The summed E-state index contributed by atoms with van der Waals surface area (Å²) >= 11 is 1.85. The standard InChI is InChI=1S/C10H19NOS/c11-9(8-3-1-4-8)10(12)5-2-6-13-7-10/h8-9,12H,1-7,11H2. The average Bonchev–Trinajstić information content (AvgIpc) is 2.02. The maximum Gasteiger partial charge on any atom is 0.0890 e. The predicted octanol–water partition coefficient (Wildman–Crippen LogP) is 1.37. The monoisotopic (exact) mass is 201 g/mol. The highest BCUT2D eigenvalue weighted by Crippen LogP contribution is 2.38. The van der Waals surface area contributed by atoms with Crippen molar-refractivity contribution in [3.05, 3.63) is 0 Å². The highest BCUT2D eigenvalue weighted by molar-refractivity contribution is 7.99. The number of nitrogens with two attached hydrogens (primary N) is 1. The molecular weight excluding hydrogens is 182 g/mol. The maximum absolute atomic E-state index is 10.3. The van der Waals surface area contributed by atoms with Gasteiger partial charge in [0.2, 0.25) is 0 Å². The Bertz CT molecular complexity index is 176. The first-order valence-electron chi connectivity index (χ1n) is 5.28. The number of hydrogen-bond acceptors (Lipinski definition) is 3. The minimum Gasteiger partial charge on any atom is -0.387 e. The molecule has 0 aromatic carbocycles. The second-order valence-corrected chi connectivity index (χ2v) is 5.58. The van der Waals surface area contributed by atoms with Gasteiger partial charge in [0.1, 0.15) is 0 Å². The summed E-state index contributed by atoms with van der Waals surface area (Å²) in [6.45, 7) is 0. The zero-order chi connectivity index (χ0) is 9.31. The Balaban J connectivity index is 1.94. The van der Waals surface area contributed by atoms with Gasteiger partial charge in [0.25, 0.3) is 0 Å². The van der Waals surface area contributed by atoms with Crippen molar-refractivity contribution >= 4 is 11.8 Å². The summed E-state index contributed by atoms with van der Waals surface area (Å²) in [6, 6.07) is 0.0362. The van der Waals surface area contributed by atoms with E-state index in [2.05, 4.69) is 0 Å². The van der Waals surface area contributed by atoms with Crippen LogP contribution in [0.5, 0.6) is 0 Å². The summed E-state index contributed by atoms with van der Waals surface area (Å²) in [7, 11) is 0. The fourth-order valence-electron chi connectivity index (χ4n) is 2.30. The van der Waals surface area contributed by atoms with Crippen LogP contribution in [0.3, 0.4) is 0 Å². The third kappa shape index (κ3) is 1.88. The van der Waals surface area contributed by atoms with Crippen molar-refractivity contribution in [1.29, 1.82) is 0 Å². The lowest BCUT2D eigenvalue weighted by molar-refractivity contribution is -0.00769. The third-order valence-electron chi connectivity index (χ3n) is 3.53. The molecule has 2 fully saturated rings. The summed E-state index contributed by atoms with van der Waals surface area (Å²) in [6.07, 6.45) is 5.81. The molecule has 0 radical (unpaired) electrons. The molecule has 1 saturated heterocycles. The zero-order valence-corrected chi connectivity index (χ0v) is 8.85. The zero-order valence-electron chi connectivity index (χ0n) is 8.04. The van der Waals surface area contributed by atoms with E-state index in [-0.39, 0.29) is 6.04 Å². The fraction of sp³-hybridized carbons (Fsp3) is 1.00. The first-order chi connectivity index (χ1) is 6.22.